The number of benzene rings is 1. The van der Waals surface area contributed by atoms with Crippen molar-refractivity contribution >= 4 is 5.69 Å². The third-order valence-electron chi connectivity index (χ3n) is 3.39. The molecule has 0 radical (unpaired) electrons. The molecule has 0 bridgehead atoms. The lowest BCUT2D eigenvalue weighted by atomic mass is 10.0. The lowest BCUT2D eigenvalue weighted by Crippen LogP contribution is -2.19. The summed E-state index contributed by atoms with van der Waals surface area (Å²) < 4.78 is 0. The standard InChI is InChI=1S/C16H26N2/c1-5-7-8-13-18(4)15-11-9-14(10-12-15)16(6-2)17-3/h5,9-12,16-17H,1,6-8,13H2,2-4H3. The lowest BCUT2D eigenvalue weighted by Gasteiger charge is -2.20. The summed E-state index contributed by atoms with van der Waals surface area (Å²) in [5.74, 6) is 0. The van der Waals surface area contributed by atoms with E-state index in [1.807, 2.05) is 13.1 Å². The number of nitrogens with one attached hydrogen (secondary N) is 1. The van der Waals surface area contributed by atoms with Gasteiger partial charge in [-0.1, -0.05) is 25.1 Å². The van der Waals surface area contributed by atoms with Crippen molar-refractivity contribution in [3.05, 3.63) is 42.5 Å². The van der Waals surface area contributed by atoms with Gasteiger partial charge in [0.1, 0.15) is 0 Å². The van der Waals surface area contributed by atoms with Crippen LogP contribution in [0, 0.1) is 0 Å². The number of hydrogen-bond acceptors (Lipinski definition) is 2. The summed E-state index contributed by atoms with van der Waals surface area (Å²) in [6.45, 7) is 7.04. The zero-order chi connectivity index (χ0) is 13.4. The number of unbranched alkanes of at least 4 members (excludes halogenated alkanes) is 1. The molecule has 0 spiro atoms. The molecule has 2 nitrogen and oxygen atoms in total. The van der Waals surface area contributed by atoms with Gasteiger partial charge in [-0.25, -0.2) is 0 Å². The fraction of sp³-hybridized carbons (Fsp3) is 0.500. The monoisotopic (exact) mass is 246 g/mol. The highest BCUT2D eigenvalue weighted by atomic mass is 15.1. The lowest BCUT2D eigenvalue weighted by molar-refractivity contribution is 0.577. The van der Waals surface area contributed by atoms with Crippen LogP contribution in [0.15, 0.2) is 36.9 Å². The minimum absolute atomic E-state index is 0.463. The van der Waals surface area contributed by atoms with Crippen LogP contribution in [0.1, 0.15) is 37.8 Å². The normalized spacial score (nSPS) is 12.2. The highest BCUT2D eigenvalue weighted by Gasteiger charge is 2.06. The first-order chi connectivity index (χ1) is 8.72. The Morgan fingerprint density at radius 2 is 2.00 bits per heavy atom. The van der Waals surface area contributed by atoms with Crippen LogP contribution in [0.5, 0.6) is 0 Å². The van der Waals surface area contributed by atoms with Gasteiger partial charge in [-0.2, -0.15) is 0 Å². The van der Waals surface area contributed by atoms with E-state index >= 15 is 0 Å². The Labute approximate surface area is 112 Å². The molecular weight excluding hydrogens is 220 g/mol. The predicted molar refractivity (Wildman–Crippen MR) is 81.2 cm³/mol. The van der Waals surface area contributed by atoms with Gasteiger partial charge in [-0.15, -0.1) is 6.58 Å². The minimum Gasteiger partial charge on any atom is -0.375 e. The summed E-state index contributed by atoms with van der Waals surface area (Å²) in [7, 11) is 4.16. The molecule has 0 aromatic heterocycles. The molecule has 0 amide bonds. The molecule has 0 heterocycles. The maximum absolute atomic E-state index is 3.75. The quantitative estimate of drug-likeness (QED) is 0.555. The Morgan fingerprint density at radius 1 is 1.33 bits per heavy atom. The van der Waals surface area contributed by atoms with Crippen molar-refractivity contribution in [1.29, 1.82) is 0 Å². The molecule has 1 N–H and O–H groups in total. The van der Waals surface area contributed by atoms with E-state index in [2.05, 4.69) is 55.0 Å². The smallest absolute Gasteiger partial charge is 0.0363 e. The Hall–Kier alpha value is -1.28. The first kappa shape index (κ1) is 14.8. The second kappa shape index (κ2) is 7.93. The number of rotatable bonds is 8. The molecule has 0 aliphatic carbocycles. The van der Waals surface area contributed by atoms with E-state index in [0.29, 0.717) is 6.04 Å². The second-order valence-corrected chi connectivity index (χ2v) is 4.69. The van der Waals surface area contributed by atoms with Crippen molar-refractivity contribution in [2.75, 3.05) is 25.5 Å². The minimum atomic E-state index is 0.463. The largest absolute Gasteiger partial charge is 0.375 e. The number of hydrogen-bond donors (Lipinski definition) is 1. The van der Waals surface area contributed by atoms with Gasteiger partial charge >= 0.3 is 0 Å². The van der Waals surface area contributed by atoms with E-state index in [4.69, 9.17) is 0 Å². The van der Waals surface area contributed by atoms with Gasteiger partial charge in [-0.3, -0.25) is 0 Å². The molecule has 1 unspecified atom stereocenters. The molecule has 0 saturated heterocycles. The van der Waals surface area contributed by atoms with E-state index in [1.54, 1.807) is 0 Å². The van der Waals surface area contributed by atoms with E-state index in [9.17, 15) is 0 Å². The third-order valence-corrected chi connectivity index (χ3v) is 3.39. The molecule has 0 aliphatic rings. The van der Waals surface area contributed by atoms with Crippen molar-refractivity contribution in [3.63, 3.8) is 0 Å². The molecule has 100 valence electrons. The Bertz CT molecular complexity index is 339. The van der Waals surface area contributed by atoms with E-state index in [0.717, 1.165) is 25.8 Å². The fourth-order valence-corrected chi connectivity index (χ4v) is 2.17. The van der Waals surface area contributed by atoms with Gasteiger partial charge in [0.2, 0.25) is 0 Å². The molecule has 0 saturated carbocycles. The Kier molecular flexibility index (Phi) is 6.51. The first-order valence-corrected chi connectivity index (χ1v) is 6.82. The summed E-state index contributed by atoms with van der Waals surface area (Å²) in [5.41, 5.74) is 2.65. The molecule has 0 aliphatic heterocycles. The average molecular weight is 246 g/mol. The molecule has 1 atom stereocenters. The topological polar surface area (TPSA) is 15.3 Å². The second-order valence-electron chi connectivity index (χ2n) is 4.69. The van der Waals surface area contributed by atoms with Gasteiger partial charge in [0.15, 0.2) is 0 Å². The highest BCUT2D eigenvalue weighted by Crippen LogP contribution is 2.20. The average Bonchev–Trinajstić information content (AvgIpc) is 2.41. The SMILES string of the molecule is C=CCCCN(C)c1ccc(C(CC)NC)cc1. The van der Waals surface area contributed by atoms with Gasteiger partial charge < -0.3 is 10.2 Å². The first-order valence-electron chi connectivity index (χ1n) is 6.82. The van der Waals surface area contributed by atoms with Gasteiger partial charge in [0.25, 0.3) is 0 Å². The van der Waals surface area contributed by atoms with Crippen LogP contribution in [0.3, 0.4) is 0 Å². The van der Waals surface area contributed by atoms with Crippen LogP contribution in [0.2, 0.25) is 0 Å². The fourth-order valence-electron chi connectivity index (χ4n) is 2.17. The highest BCUT2D eigenvalue weighted by molar-refractivity contribution is 5.47. The molecular formula is C16H26N2. The number of nitrogens with zero attached hydrogens (tertiary/aromatic N) is 1. The molecule has 1 rings (SSSR count). The van der Waals surface area contributed by atoms with Crippen molar-refractivity contribution in [2.24, 2.45) is 0 Å². The molecule has 1 aromatic carbocycles. The number of allylic oxidation sites excluding steroid dienone is 1. The van der Waals surface area contributed by atoms with Crippen LogP contribution in [-0.4, -0.2) is 20.6 Å². The Balaban J connectivity index is 2.61. The van der Waals surface area contributed by atoms with Crippen molar-refractivity contribution in [3.8, 4) is 0 Å². The van der Waals surface area contributed by atoms with Crippen LogP contribution in [-0.2, 0) is 0 Å². The van der Waals surface area contributed by atoms with Crippen LogP contribution in [0.25, 0.3) is 0 Å². The van der Waals surface area contributed by atoms with Crippen LogP contribution in [0.4, 0.5) is 5.69 Å². The van der Waals surface area contributed by atoms with Crippen molar-refractivity contribution in [2.45, 2.75) is 32.2 Å². The third kappa shape index (κ3) is 4.19. The van der Waals surface area contributed by atoms with Crippen LogP contribution < -0.4 is 10.2 Å². The van der Waals surface area contributed by atoms with Crippen molar-refractivity contribution in [1.82, 2.24) is 5.32 Å². The molecule has 1 aromatic rings. The van der Waals surface area contributed by atoms with Gasteiger partial charge in [0, 0.05) is 25.3 Å². The van der Waals surface area contributed by atoms with E-state index in [-0.39, 0.29) is 0 Å². The maximum Gasteiger partial charge on any atom is 0.0363 e. The summed E-state index contributed by atoms with van der Waals surface area (Å²) in [6, 6.07) is 9.34. The van der Waals surface area contributed by atoms with Gasteiger partial charge in [0.05, 0.1) is 0 Å². The summed E-state index contributed by atoms with van der Waals surface area (Å²) >= 11 is 0. The Morgan fingerprint density at radius 3 is 2.50 bits per heavy atom. The molecule has 0 fully saturated rings. The predicted octanol–water partition coefficient (Wildman–Crippen LogP) is 3.76. The zero-order valence-corrected chi connectivity index (χ0v) is 11.9. The summed E-state index contributed by atoms with van der Waals surface area (Å²) in [4.78, 5) is 2.30. The van der Waals surface area contributed by atoms with E-state index < -0.39 is 0 Å². The number of anilines is 1. The van der Waals surface area contributed by atoms with Crippen molar-refractivity contribution < 1.29 is 0 Å². The zero-order valence-electron chi connectivity index (χ0n) is 11.9. The summed E-state index contributed by atoms with van der Waals surface area (Å²) in [5, 5.41) is 3.33. The van der Waals surface area contributed by atoms with Crippen LogP contribution >= 0.6 is 0 Å². The molecule has 18 heavy (non-hydrogen) atoms. The van der Waals surface area contributed by atoms with E-state index in [1.165, 1.54) is 11.3 Å². The molecule has 2 heteroatoms. The van der Waals surface area contributed by atoms with Gasteiger partial charge in [-0.05, 0) is 44.0 Å². The summed E-state index contributed by atoms with van der Waals surface area (Å²) in [6.07, 6.45) is 5.34. The maximum atomic E-state index is 3.75.